The van der Waals surface area contributed by atoms with Gasteiger partial charge in [-0.15, -0.1) is 0 Å². The van der Waals surface area contributed by atoms with Gasteiger partial charge in [0, 0.05) is 10.6 Å². The zero-order valence-electron chi connectivity index (χ0n) is 11.0. The van der Waals surface area contributed by atoms with Gasteiger partial charge in [0.2, 0.25) is 0 Å². The maximum absolute atomic E-state index is 6.33. The largest absolute Gasteiger partial charge is 0.493 e. The highest BCUT2D eigenvalue weighted by Gasteiger charge is 2.16. The van der Waals surface area contributed by atoms with E-state index in [0.29, 0.717) is 11.6 Å². The molecule has 0 amide bonds. The predicted octanol–water partition coefficient (Wildman–Crippen LogP) is 4.18. The van der Waals surface area contributed by atoms with Crippen molar-refractivity contribution in [2.45, 2.75) is 19.4 Å². The molecule has 2 nitrogen and oxygen atoms in total. The Hall–Kier alpha value is -1.51. The fourth-order valence-corrected chi connectivity index (χ4v) is 2.23. The first-order valence-corrected chi connectivity index (χ1v) is 6.83. The minimum absolute atomic E-state index is 0.276. The minimum atomic E-state index is -0.276. The molecule has 2 rings (SSSR count). The van der Waals surface area contributed by atoms with E-state index in [1.54, 1.807) is 0 Å². The third-order valence-electron chi connectivity index (χ3n) is 2.96. The fourth-order valence-electron chi connectivity index (χ4n) is 1.98. The summed E-state index contributed by atoms with van der Waals surface area (Å²) in [6.45, 7) is 2.77. The zero-order valence-corrected chi connectivity index (χ0v) is 11.7. The average molecular weight is 276 g/mol. The number of rotatable bonds is 5. The van der Waals surface area contributed by atoms with Gasteiger partial charge in [0.25, 0.3) is 0 Å². The van der Waals surface area contributed by atoms with E-state index in [1.165, 1.54) is 0 Å². The van der Waals surface area contributed by atoms with Crippen molar-refractivity contribution in [1.82, 2.24) is 0 Å². The van der Waals surface area contributed by atoms with E-state index in [9.17, 15) is 0 Å². The third-order valence-corrected chi connectivity index (χ3v) is 3.30. The van der Waals surface area contributed by atoms with E-state index in [-0.39, 0.29) is 6.04 Å². The molecule has 0 bridgehead atoms. The molecule has 0 fully saturated rings. The molecule has 1 atom stereocenters. The summed E-state index contributed by atoms with van der Waals surface area (Å²) < 4.78 is 5.75. The number of nitrogens with two attached hydrogens (primary N) is 1. The van der Waals surface area contributed by atoms with Crippen LogP contribution in [0.2, 0.25) is 5.02 Å². The average Bonchev–Trinajstić information content (AvgIpc) is 2.45. The van der Waals surface area contributed by atoms with Gasteiger partial charge < -0.3 is 10.5 Å². The number of ether oxygens (including phenoxy) is 1. The van der Waals surface area contributed by atoms with Crippen LogP contribution in [0.3, 0.4) is 0 Å². The number of hydrogen-bond acceptors (Lipinski definition) is 2. The lowest BCUT2D eigenvalue weighted by molar-refractivity contribution is 0.313. The quantitative estimate of drug-likeness (QED) is 0.888. The Kier molecular flexibility index (Phi) is 4.83. The van der Waals surface area contributed by atoms with Crippen LogP contribution in [-0.4, -0.2) is 6.61 Å². The Bertz CT molecular complexity index is 542. The second-order valence-corrected chi connectivity index (χ2v) is 4.79. The monoisotopic (exact) mass is 275 g/mol. The van der Waals surface area contributed by atoms with Crippen LogP contribution in [0, 0.1) is 0 Å². The van der Waals surface area contributed by atoms with E-state index < -0.39 is 0 Å². The van der Waals surface area contributed by atoms with Crippen molar-refractivity contribution < 1.29 is 4.74 Å². The molecule has 0 aliphatic rings. The minimum Gasteiger partial charge on any atom is -0.493 e. The first-order valence-electron chi connectivity index (χ1n) is 6.45. The van der Waals surface area contributed by atoms with Crippen molar-refractivity contribution in [1.29, 1.82) is 0 Å². The van der Waals surface area contributed by atoms with Crippen molar-refractivity contribution in [3.8, 4) is 5.75 Å². The predicted molar refractivity (Wildman–Crippen MR) is 79.7 cm³/mol. The van der Waals surface area contributed by atoms with Crippen LogP contribution in [0.5, 0.6) is 5.75 Å². The highest BCUT2D eigenvalue weighted by molar-refractivity contribution is 6.31. The maximum atomic E-state index is 6.33. The van der Waals surface area contributed by atoms with Crippen molar-refractivity contribution in [2.24, 2.45) is 5.73 Å². The van der Waals surface area contributed by atoms with Gasteiger partial charge in [-0.05, 0) is 24.1 Å². The molecule has 0 radical (unpaired) electrons. The molecule has 2 aromatic rings. The lowest BCUT2D eigenvalue weighted by Crippen LogP contribution is -2.14. The van der Waals surface area contributed by atoms with Crippen LogP contribution in [0.1, 0.15) is 30.5 Å². The van der Waals surface area contributed by atoms with Crippen LogP contribution in [0.4, 0.5) is 0 Å². The van der Waals surface area contributed by atoms with E-state index >= 15 is 0 Å². The van der Waals surface area contributed by atoms with Crippen LogP contribution in [-0.2, 0) is 0 Å². The molecule has 0 aromatic heterocycles. The third kappa shape index (κ3) is 3.28. The molecule has 0 aliphatic heterocycles. The summed E-state index contributed by atoms with van der Waals surface area (Å²) in [5, 5.41) is 0.681. The van der Waals surface area contributed by atoms with E-state index in [4.69, 9.17) is 22.1 Å². The molecule has 3 heteroatoms. The normalized spacial score (nSPS) is 12.2. The fraction of sp³-hybridized carbons (Fsp3) is 0.250. The first kappa shape index (κ1) is 13.9. The summed E-state index contributed by atoms with van der Waals surface area (Å²) in [6.07, 6.45) is 0.968. The maximum Gasteiger partial charge on any atom is 0.124 e. The van der Waals surface area contributed by atoms with Gasteiger partial charge in [-0.1, -0.05) is 54.9 Å². The van der Waals surface area contributed by atoms with Crippen molar-refractivity contribution in [3.05, 3.63) is 64.7 Å². The summed E-state index contributed by atoms with van der Waals surface area (Å²) in [5.41, 5.74) is 8.20. The molecular weight excluding hydrogens is 258 g/mol. The van der Waals surface area contributed by atoms with Gasteiger partial charge in [-0.2, -0.15) is 0 Å². The molecule has 0 heterocycles. The van der Waals surface area contributed by atoms with Crippen LogP contribution in [0.25, 0.3) is 0 Å². The van der Waals surface area contributed by atoms with Crippen LogP contribution >= 0.6 is 11.6 Å². The molecule has 0 aliphatic carbocycles. The van der Waals surface area contributed by atoms with Gasteiger partial charge in [0.15, 0.2) is 0 Å². The molecule has 100 valence electrons. The smallest absolute Gasteiger partial charge is 0.124 e. The van der Waals surface area contributed by atoms with Gasteiger partial charge in [-0.3, -0.25) is 0 Å². The molecular formula is C16H18ClNO. The number of benzene rings is 2. The van der Waals surface area contributed by atoms with Gasteiger partial charge in [0.1, 0.15) is 5.75 Å². The standard InChI is InChI=1S/C16H18ClNO/c1-2-11-19-15-10-6-4-8-13(15)16(18)12-7-3-5-9-14(12)17/h3-10,16H,2,11,18H2,1H3. The van der Waals surface area contributed by atoms with Gasteiger partial charge >= 0.3 is 0 Å². The molecule has 0 saturated carbocycles. The zero-order chi connectivity index (χ0) is 13.7. The summed E-state index contributed by atoms with van der Waals surface area (Å²) in [5.74, 6) is 0.830. The number of hydrogen-bond donors (Lipinski definition) is 1. The Morgan fingerprint density at radius 3 is 2.37 bits per heavy atom. The Balaban J connectivity index is 2.33. The van der Waals surface area contributed by atoms with E-state index in [2.05, 4.69) is 6.92 Å². The van der Waals surface area contributed by atoms with E-state index in [1.807, 2.05) is 48.5 Å². The lowest BCUT2D eigenvalue weighted by atomic mass is 9.99. The first-order chi connectivity index (χ1) is 9.24. The summed E-state index contributed by atoms with van der Waals surface area (Å²) >= 11 is 6.20. The second-order valence-electron chi connectivity index (χ2n) is 4.39. The van der Waals surface area contributed by atoms with Crippen molar-refractivity contribution in [2.75, 3.05) is 6.61 Å². The summed E-state index contributed by atoms with van der Waals surface area (Å²) in [7, 11) is 0. The highest BCUT2D eigenvalue weighted by Crippen LogP contribution is 2.31. The van der Waals surface area contributed by atoms with Gasteiger partial charge in [0.05, 0.1) is 12.6 Å². The lowest BCUT2D eigenvalue weighted by Gasteiger charge is -2.18. The molecule has 0 spiro atoms. The van der Waals surface area contributed by atoms with E-state index in [0.717, 1.165) is 23.3 Å². The molecule has 19 heavy (non-hydrogen) atoms. The second kappa shape index (κ2) is 6.60. The van der Waals surface area contributed by atoms with Crippen molar-refractivity contribution >= 4 is 11.6 Å². The Labute approximate surface area is 119 Å². The SMILES string of the molecule is CCCOc1ccccc1C(N)c1ccccc1Cl. The van der Waals surface area contributed by atoms with Crippen LogP contribution < -0.4 is 10.5 Å². The summed E-state index contributed by atoms with van der Waals surface area (Å²) in [4.78, 5) is 0. The molecule has 1 unspecified atom stereocenters. The summed E-state index contributed by atoms with van der Waals surface area (Å²) in [6, 6.07) is 15.2. The van der Waals surface area contributed by atoms with Crippen molar-refractivity contribution in [3.63, 3.8) is 0 Å². The molecule has 2 N–H and O–H groups in total. The highest BCUT2D eigenvalue weighted by atomic mass is 35.5. The van der Waals surface area contributed by atoms with Crippen LogP contribution in [0.15, 0.2) is 48.5 Å². The van der Waals surface area contributed by atoms with Gasteiger partial charge in [-0.25, -0.2) is 0 Å². The Morgan fingerprint density at radius 2 is 1.68 bits per heavy atom. The Morgan fingerprint density at radius 1 is 1.05 bits per heavy atom. The molecule has 0 saturated heterocycles. The number of halogens is 1. The molecule has 2 aromatic carbocycles. The number of para-hydroxylation sites is 1. The topological polar surface area (TPSA) is 35.2 Å².